The molecule has 0 rings (SSSR count). The molecule has 0 radical (unpaired) electrons. The summed E-state index contributed by atoms with van der Waals surface area (Å²) in [6.07, 6.45) is 33.0. The molecule has 0 heterocycles. The van der Waals surface area contributed by atoms with Gasteiger partial charge in [-0.3, -0.25) is 14.1 Å². The second kappa shape index (κ2) is 30.3. The van der Waals surface area contributed by atoms with Crippen LogP contribution in [0.4, 0.5) is 0 Å². The number of carbonyl (C=O) groups excluding carboxylic acids is 2. The Kier molecular flexibility index (Phi) is 29.1. The molecule has 9 heteroatoms. The van der Waals surface area contributed by atoms with Gasteiger partial charge in [0.15, 0.2) is 6.10 Å². The third-order valence-electron chi connectivity index (χ3n) is 6.91. The minimum absolute atomic E-state index is 0.164. The molecular weight excluding hydrogens is 567 g/mol. The number of allylic oxidation sites excluding steroid dienone is 6. The number of hydrogen-bond donors (Lipinski definition) is 2. The minimum atomic E-state index is -4.75. The van der Waals surface area contributed by atoms with Gasteiger partial charge in [0.1, 0.15) is 6.61 Å². The van der Waals surface area contributed by atoms with Crippen LogP contribution in [0.3, 0.4) is 0 Å². The lowest BCUT2D eigenvalue weighted by Crippen LogP contribution is -2.29. The minimum Gasteiger partial charge on any atom is -0.462 e. The second-order valence-electron chi connectivity index (χ2n) is 11.1. The van der Waals surface area contributed by atoms with Gasteiger partial charge >= 0.3 is 19.8 Å². The first-order valence-corrected chi connectivity index (χ1v) is 18.3. The molecule has 0 unspecified atom stereocenters. The van der Waals surface area contributed by atoms with E-state index in [-0.39, 0.29) is 19.4 Å². The van der Waals surface area contributed by atoms with Crippen LogP contribution < -0.4 is 0 Å². The van der Waals surface area contributed by atoms with E-state index in [9.17, 15) is 14.2 Å². The number of esters is 2. The number of carbonyl (C=O) groups is 2. The van der Waals surface area contributed by atoms with Crippen LogP contribution in [0, 0.1) is 0 Å². The van der Waals surface area contributed by atoms with Crippen molar-refractivity contribution in [1.82, 2.24) is 0 Å². The molecule has 8 nitrogen and oxygen atoms in total. The first-order valence-electron chi connectivity index (χ1n) is 16.8. The highest BCUT2D eigenvalue weighted by molar-refractivity contribution is 7.46. The molecule has 0 saturated carbocycles. The zero-order chi connectivity index (χ0) is 31.9. The third-order valence-corrected chi connectivity index (χ3v) is 7.40. The molecule has 0 amide bonds. The van der Waals surface area contributed by atoms with Crippen molar-refractivity contribution in [2.75, 3.05) is 13.2 Å². The topological polar surface area (TPSA) is 119 Å². The van der Waals surface area contributed by atoms with Gasteiger partial charge in [0, 0.05) is 12.8 Å². The van der Waals surface area contributed by atoms with Crippen LogP contribution in [-0.2, 0) is 28.2 Å². The van der Waals surface area contributed by atoms with Gasteiger partial charge in [-0.25, -0.2) is 4.57 Å². The molecule has 0 aliphatic rings. The Hall–Kier alpha value is -1.73. The van der Waals surface area contributed by atoms with Gasteiger partial charge in [0.25, 0.3) is 0 Å². The highest BCUT2D eigenvalue weighted by Crippen LogP contribution is 2.35. The first kappa shape index (κ1) is 41.3. The Bertz CT molecular complexity index is 802. The molecule has 0 aliphatic heterocycles. The molecular formula is C34H61O8P. The standard InChI is InChI=1S/C34H61O8P/c1-3-5-7-9-11-13-15-16-17-18-19-21-23-25-27-29-34(36)42-32(31-41-43(37,38)39)30-40-33(35)28-26-24-22-20-14-12-10-8-6-4-2/h11,13,16-17,19,21,32H,3-10,12,14-15,18,20,22-31H2,1-2H3,(H2,37,38,39)/b13-11-,17-16-,21-19-/t32-/m1/s1. The lowest BCUT2D eigenvalue weighted by Gasteiger charge is -2.18. The molecule has 1 atom stereocenters. The summed E-state index contributed by atoms with van der Waals surface area (Å²) in [7, 11) is -4.75. The first-order chi connectivity index (χ1) is 20.8. The number of phosphoric acid groups is 1. The van der Waals surface area contributed by atoms with E-state index in [1.807, 2.05) is 0 Å². The Morgan fingerprint density at radius 1 is 0.605 bits per heavy atom. The van der Waals surface area contributed by atoms with Gasteiger partial charge in [-0.2, -0.15) is 0 Å². The van der Waals surface area contributed by atoms with Gasteiger partial charge in [0.05, 0.1) is 6.61 Å². The number of hydrogen-bond acceptors (Lipinski definition) is 6. The summed E-state index contributed by atoms with van der Waals surface area (Å²) in [6, 6.07) is 0. The van der Waals surface area contributed by atoms with Crippen molar-refractivity contribution in [3.63, 3.8) is 0 Å². The van der Waals surface area contributed by atoms with Gasteiger partial charge in [0.2, 0.25) is 0 Å². The molecule has 0 aliphatic carbocycles. The number of ether oxygens (including phenoxy) is 2. The van der Waals surface area contributed by atoms with Crippen LogP contribution in [0.2, 0.25) is 0 Å². The maximum absolute atomic E-state index is 12.3. The van der Waals surface area contributed by atoms with Crippen LogP contribution in [-0.4, -0.2) is 41.0 Å². The average molecular weight is 629 g/mol. The zero-order valence-electron chi connectivity index (χ0n) is 27.1. The van der Waals surface area contributed by atoms with E-state index in [1.54, 1.807) is 0 Å². The Labute approximate surface area is 262 Å². The van der Waals surface area contributed by atoms with Crippen LogP contribution in [0.5, 0.6) is 0 Å². The number of unbranched alkanes of at least 4 members (excludes halogenated alkanes) is 14. The van der Waals surface area contributed by atoms with Crippen LogP contribution in [0.1, 0.15) is 149 Å². The summed E-state index contributed by atoms with van der Waals surface area (Å²) in [6.45, 7) is 3.58. The summed E-state index contributed by atoms with van der Waals surface area (Å²) >= 11 is 0. The largest absolute Gasteiger partial charge is 0.469 e. The molecule has 0 aromatic rings. The normalized spacial score (nSPS) is 12.9. The van der Waals surface area contributed by atoms with Crippen molar-refractivity contribution >= 4 is 19.8 Å². The van der Waals surface area contributed by atoms with E-state index in [0.29, 0.717) is 6.42 Å². The van der Waals surface area contributed by atoms with Crippen molar-refractivity contribution in [2.24, 2.45) is 0 Å². The maximum atomic E-state index is 12.3. The Balaban J connectivity index is 4.11. The molecule has 250 valence electrons. The van der Waals surface area contributed by atoms with Crippen molar-refractivity contribution < 1.29 is 37.9 Å². The Morgan fingerprint density at radius 3 is 1.60 bits per heavy atom. The van der Waals surface area contributed by atoms with Crippen molar-refractivity contribution in [3.05, 3.63) is 36.5 Å². The second-order valence-corrected chi connectivity index (χ2v) is 12.4. The molecule has 43 heavy (non-hydrogen) atoms. The highest BCUT2D eigenvalue weighted by Gasteiger charge is 2.22. The summed E-state index contributed by atoms with van der Waals surface area (Å²) in [5, 5.41) is 0. The Morgan fingerprint density at radius 2 is 1.05 bits per heavy atom. The highest BCUT2D eigenvalue weighted by atomic mass is 31.2. The van der Waals surface area contributed by atoms with Gasteiger partial charge in [-0.05, 0) is 51.4 Å². The molecule has 0 aromatic heterocycles. The van der Waals surface area contributed by atoms with Crippen LogP contribution in [0.15, 0.2) is 36.5 Å². The van der Waals surface area contributed by atoms with Crippen molar-refractivity contribution in [2.45, 2.75) is 155 Å². The zero-order valence-corrected chi connectivity index (χ0v) is 28.0. The monoisotopic (exact) mass is 628 g/mol. The predicted molar refractivity (Wildman–Crippen MR) is 175 cm³/mol. The lowest BCUT2D eigenvalue weighted by molar-refractivity contribution is -0.161. The summed E-state index contributed by atoms with van der Waals surface area (Å²) in [5.41, 5.74) is 0. The van der Waals surface area contributed by atoms with E-state index < -0.39 is 32.5 Å². The molecule has 0 saturated heterocycles. The summed E-state index contributed by atoms with van der Waals surface area (Å²) in [4.78, 5) is 42.4. The third kappa shape index (κ3) is 33.0. The molecule has 0 bridgehead atoms. The number of phosphoric ester groups is 1. The summed E-state index contributed by atoms with van der Waals surface area (Å²) < 4.78 is 26.1. The predicted octanol–water partition coefficient (Wildman–Crippen LogP) is 9.45. The van der Waals surface area contributed by atoms with E-state index in [1.165, 1.54) is 64.2 Å². The van der Waals surface area contributed by atoms with Crippen molar-refractivity contribution in [3.8, 4) is 0 Å². The smallest absolute Gasteiger partial charge is 0.462 e. The fraction of sp³-hybridized carbons (Fsp3) is 0.765. The fourth-order valence-corrected chi connectivity index (χ4v) is 4.74. The summed E-state index contributed by atoms with van der Waals surface area (Å²) in [5.74, 6) is -0.933. The van der Waals surface area contributed by atoms with Crippen LogP contribution >= 0.6 is 7.82 Å². The van der Waals surface area contributed by atoms with E-state index in [0.717, 1.165) is 51.4 Å². The molecule has 0 spiro atoms. The van der Waals surface area contributed by atoms with E-state index in [4.69, 9.17) is 19.3 Å². The van der Waals surface area contributed by atoms with Gasteiger partial charge in [-0.15, -0.1) is 0 Å². The fourth-order valence-electron chi connectivity index (χ4n) is 4.38. The lowest BCUT2D eigenvalue weighted by atomic mass is 10.1. The SMILES string of the molecule is CCCCC/C=C\C/C=C\C/C=C\CCCCC(=O)O[C@H](COC(=O)CCCCCCCCCCCC)COP(=O)(O)O. The molecule has 2 N–H and O–H groups in total. The average Bonchev–Trinajstić information content (AvgIpc) is 2.97. The van der Waals surface area contributed by atoms with Crippen LogP contribution in [0.25, 0.3) is 0 Å². The van der Waals surface area contributed by atoms with Gasteiger partial charge in [-0.1, -0.05) is 121 Å². The maximum Gasteiger partial charge on any atom is 0.469 e. The van der Waals surface area contributed by atoms with Gasteiger partial charge < -0.3 is 19.3 Å². The quantitative estimate of drug-likeness (QED) is 0.0349. The van der Waals surface area contributed by atoms with E-state index >= 15 is 0 Å². The molecule has 0 aromatic carbocycles. The number of rotatable bonds is 30. The van der Waals surface area contributed by atoms with E-state index in [2.05, 4.69) is 54.8 Å². The molecule has 0 fully saturated rings. The van der Waals surface area contributed by atoms with Crippen molar-refractivity contribution in [1.29, 1.82) is 0 Å².